The fourth-order valence-corrected chi connectivity index (χ4v) is 4.25. The Balaban J connectivity index is 1.43. The van der Waals surface area contributed by atoms with Crippen molar-refractivity contribution in [3.05, 3.63) is 47.5 Å². The number of fused-ring (bicyclic) bond motifs is 1. The van der Waals surface area contributed by atoms with E-state index in [-0.39, 0.29) is 18.7 Å². The maximum absolute atomic E-state index is 12.5. The molecule has 4 rings (SSSR count). The Kier molecular flexibility index (Phi) is 7.46. The Morgan fingerprint density at radius 3 is 2.56 bits per heavy atom. The number of anilines is 1. The summed E-state index contributed by atoms with van der Waals surface area (Å²) >= 11 is 0. The third-order valence-corrected chi connectivity index (χ3v) is 6.46. The van der Waals surface area contributed by atoms with Crippen molar-refractivity contribution in [1.29, 1.82) is 5.26 Å². The number of hydrogen-bond donors (Lipinski definition) is 4. The summed E-state index contributed by atoms with van der Waals surface area (Å²) < 4.78 is 5.28. The topological polar surface area (TPSA) is 129 Å². The molecule has 2 aliphatic rings. The first-order chi connectivity index (χ1) is 16.4. The average molecular weight is 467 g/mol. The summed E-state index contributed by atoms with van der Waals surface area (Å²) in [6.07, 6.45) is -3.23. The van der Waals surface area contributed by atoms with Gasteiger partial charge in [0.15, 0.2) is 0 Å². The lowest BCUT2D eigenvalue weighted by molar-refractivity contribution is -0.185. The lowest BCUT2D eigenvalue weighted by atomic mass is 10.00. The minimum atomic E-state index is -1.35. The van der Waals surface area contributed by atoms with Gasteiger partial charge in [0.2, 0.25) is 0 Å². The average Bonchev–Trinajstić information content (AvgIpc) is 2.85. The van der Waals surface area contributed by atoms with Crippen LogP contribution >= 0.6 is 0 Å². The Morgan fingerprint density at radius 2 is 1.82 bits per heavy atom. The van der Waals surface area contributed by atoms with Gasteiger partial charge in [-0.05, 0) is 47.7 Å². The van der Waals surface area contributed by atoms with Crippen molar-refractivity contribution in [3.63, 3.8) is 0 Å². The standard InChI is InChI=1S/C25H30N4O5/c1-28-6-8-29(9-7-28)20-5-4-17-10-16(2-3-18(17)12-20)11-19(13-26)25(33)27-14-22-24(32)23(31)21(30)15-34-22/h2-5,10-12,21-24,30-32H,6-9,14-15H2,1H3,(H,27,33). The molecule has 2 saturated heterocycles. The summed E-state index contributed by atoms with van der Waals surface area (Å²) in [5.74, 6) is -0.607. The van der Waals surface area contributed by atoms with Crippen LogP contribution in [0.2, 0.25) is 0 Å². The quantitative estimate of drug-likeness (QED) is 0.361. The summed E-state index contributed by atoms with van der Waals surface area (Å²) in [7, 11) is 2.13. The van der Waals surface area contributed by atoms with Gasteiger partial charge in [-0.3, -0.25) is 4.79 Å². The summed E-state index contributed by atoms with van der Waals surface area (Å²) in [5.41, 5.74) is 1.82. The molecule has 9 nitrogen and oxygen atoms in total. The summed E-state index contributed by atoms with van der Waals surface area (Å²) in [6.45, 7) is 3.81. The van der Waals surface area contributed by atoms with Crippen LogP contribution in [0.5, 0.6) is 0 Å². The van der Waals surface area contributed by atoms with Crippen LogP contribution in [-0.4, -0.2) is 96.9 Å². The summed E-state index contributed by atoms with van der Waals surface area (Å²) in [6, 6.07) is 14.0. The number of likely N-dealkylation sites (N-methyl/N-ethyl adjacent to an activating group) is 1. The highest BCUT2D eigenvalue weighted by Gasteiger charge is 2.37. The predicted molar refractivity (Wildman–Crippen MR) is 128 cm³/mol. The molecule has 9 heteroatoms. The van der Waals surface area contributed by atoms with E-state index in [2.05, 4.69) is 34.3 Å². The van der Waals surface area contributed by atoms with Gasteiger partial charge in [-0.2, -0.15) is 5.26 Å². The molecule has 0 radical (unpaired) electrons. The molecular weight excluding hydrogens is 436 g/mol. The number of nitriles is 1. The van der Waals surface area contributed by atoms with Crippen LogP contribution in [0.1, 0.15) is 5.56 Å². The van der Waals surface area contributed by atoms with Crippen molar-refractivity contribution < 1.29 is 24.9 Å². The fourth-order valence-electron chi connectivity index (χ4n) is 4.25. The van der Waals surface area contributed by atoms with Gasteiger partial charge in [-0.1, -0.05) is 18.2 Å². The number of ether oxygens (including phenoxy) is 1. The van der Waals surface area contributed by atoms with Crippen LogP contribution in [-0.2, 0) is 9.53 Å². The maximum atomic E-state index is 12.5. The van der Waals surface area contributed by atoms with Gasteiger partial charge >= 0.3 is 0 Å². The van der Waals surface area contributed by atoms with Crippen LogP contribution in [0.15, 0.2) is 42.0 Å². The van der Waals surface area contributed by atoms with E-state index < -0.39 is 30.3 Å². The van der Waals surface area contributed by atoms with Gasteiger partial charge in [0, 0.05) is 38.4 Å². The van der Waals surface area contributed by atoms with E-state index in [1.54, 1.807) is 0 Å². The highest BCUT2D eigenvalue weighted by molar-refractivity contribution is 6.02. The molecule has 0 saturated carbocycles. The van der Waals surface area contributed by atoms with Crippen molar-refractivity contribution in [2.75, 3.05) is 51.3 Å². The highest BCUT2D eigenvalue weighted by Crippen LogP contribution is 2.25. The van der Waals surface area contributed by atoms with Gasteiger partial charge in [0.05, 0.1) is 6.61 Å². The Hall–Kier alpha value is -3.00. The number of piperazine rings is 1. The number of carbonyl (C=O) groups is 1. The van der Waals surface area contributed by atoms with E-state index in [0.29, 0.717) is 0 Å². The minimum Gasteiger partial charge on any atom is -0.388 e. The van der Waals surface area contributed by atoms with Crippen molar-refractivity contribution in [1.82, 2.24) is 10.2 Å². The Morgan fingerprint density at radius 1 is 1.12 bits per heavy atom. The van der Waals surface area contributed by atoms with Gasteiger partial charge in [0.1, 0.15) is 36.1 Å². The SMILES string of the molecule is CN1CCN(c2ccc3cc(C=C(C#N)C(=O)NCC4OCC(O)C(O)C4O)ccc3c2)CC1. The van der Waals surface area contributed by atoms with Crippen molar-refractivity contribution in [3.8, 4) is 6.07 Å². The molecule has 0 aromatic heterocycles. The molecular formula is C25H30N4O5. The third-order valence-electron chi connectivity index (χ3n) is 6.46. The molecule has 0 aliphatic carbocycles. The molecule has 180 valence electrons. The number of benzene rings is 2. The molecule has 0 bridgehead atoms. The second kappa shape index (κ2) is 10.5. The van der Waals surface area contributed by atoms with Crippen molar-refractivity contribution >= 4 is 28.4 Å². The van der Waals surface area contributed by atoms with E-state index in [1.807, 2.05) is 30.3 Å². The first-order valence-corrected chi connectivity index (χ1v) is 11.4. The number of aliphatic hydroxyl groups excluding tert-OH is 3. The van der Waals surface area contributed by atoms with Gasteiger partial charge in [-0.25, -0.2) is 0 Å². The van der Waals surface area contributed by atoms with Crippen molar-refractivity contribution in [2.24, 2.45) is 0 Å². The van der Waals surface area contributed by atoms with Crippen LogP contribution in [0.25, 0.3) is 16.8 Å². The molecule has 2 fully saturated rings. The Labute approximate surface area is 198 Å². The molecule has 4 unspecified atom stereocenters. The largest absolute Gasteiger partial charge is 0.388 e. The van der Waals surface area contributed by atoms with Crippen LogP contribution < -0.4 is 10.2 Å². The van der Waals surface area contributed by atoms with Gasteiger partial charge in [-0.15, -0.1) is 0 Å². The van der Waals surface area contributed by atoms with Gasteiger partial charge in [0.25, 0.3) is 5.91 Å². The summed E-state index contributed by atoms with van der Waals surface area (Å²) in [4.78, 5) is 17.2. The second-order valence-electron chi connectivity index (χ2n) is 8.88. The number of rotatable bonds is 5. The fraction of sp³-hybridized carbons (Fsp3) is 0.440. The number of nitrogens with one attached hydrogen (secondary N) is 1. The van der Waals surface area contributed by atoms with E-state index in [9.17, 15) is 25.4 Å². The lowest BCUT2D eigenvalue weighted by Crippen LogP contribution is -2.56. The maximum Gasteiger partial charge on any atom is 0.262 e. The zero-order valence-corrected chi connectivity index (χ0v) is 19.1. The first kappa shape index (κ1) is 24.1. The molecule has 2 aliphatic heterocycles. The monoisotopic (exact) mass is 466 g/mol. The number of carbonyl (C=O) groups excluding carboxylic acids is 1. The number of nitrogens with zero attached hydrogens (tertiary/aromatic N) is 3. The zero-order valence-electron chi connectivity index (χ0n) is 19.1. The van der Waals surface area contributed by atoms with E-state index in [0.717, 1.165) is 42.5 Å². The number of aliphatic hydroxyl groups is 3. The second-order valence-corrected chi connectivity index (χ2v) is 8.88. The lowest BCUT2D eigenvalue weighted by Gasteiger charge is -2.35. The number of hydrogen-bond acceptors (Lipinski definition) is 8. The molecule has 0 spiro atoms. The summed E-state index contributed by atoms with van der Waals surface area (Å²) in [5, 5.41) is 43.4. The number of amides is 1. The first-order valence-electron chi connectivity index (χ1n) is 11.4. The molecule has 34 heavy (non-hydrogen) atoms. The molecule has 1 amide bonds. The molecule has 2 aromatic carbocycles. The molecule has 2 heterocycles. The highest BCUT2D eigenvalue weighted by atomic mass is 16.5. The Bertz CT molecular complexity index is 1110. The van der Waals surface area contributed by atoms with E-state index >= 15 is 0 Å². The van der Waals surface area contributed by atoms with Crippen molar-refractivity contribution in [2.45, 2.75) is 24.4 Å². The zero-order chi connectivity index (χ0) is 24.2. The third kappa shape index (κ3) is 5.38. The molecule has 4 atom stereocenters. The molecule has 4 N–H and O–H groups in total. The van der Waals surface area contributed by atoms with E-state index in [1.165, 1.54) is 11.8 Å². The van der Waals surface area contributed by atoms with Crippen LogP contribution in [0.4, 0.5) is 5.69 Å². The smallest absolute Gasteiger partial charge is 0.262 e. The minimum absolute atomic E-state index is 0.0840. The van der Waals surface area contributed by atoms with Crippen LogP contribution in [0, 0.1) is 11.3 Å². The van der Waals surface area contributed by atoms with Gasteiger partial charge < -0.3 is 35.2 Å². The van der Waals surface area contributed by atoms with Crippen LogP contribution in [0.3, 0.4) is 0 Å². The predicted octanol–water partition coefficient (Wildman–Crippen LogP) is 0.0963. The normalized spacial score (nSPS) is 26.3. The molecule has 2 aromatic rings. The van der Waals surface area contributed by atoms with E-state index in [4.69, 9.17) is 4.74 Å².